The average molecular weight is 466 g/mol. The van der Waals surface area contributed by atoms with Gasteiger partial charge < -0.3 is 15.6 Å². The minimum absolute atomic E-state index is 0.0247. The smallest absolute Gasteiger partial charge is 0.251 e. The molecule has 0 fully saturated rings. The number of fused-ring (bicyclic) bond motifs is 4. The fourth-order valence-corrected chi connectivity index (χ4v) is 4.79. The molecule has 0 aliphatic rings. The fourth-order valence-electron chi connectivity index (χ4n) is 4.79. The van der Waals surface area contributed by atoms with E-state index in [0.717, 1.165) is 82.7 Å². The van der Waals surface area contributed by atoms with Crippen LogP contribution in [0.4, 0.5) is 5.82 Å². The minimum atomic E-state index is -0.0247. The van der Waals surface area contributed by atoms with Crippen molar-refractivity contribution in [2.45, 2.75) is 45.6 Å². The molecule has 0 aliphatic heterocycles. The fraction of sp³-hybridized carbons (Fsp3) is 0.276. The maximum Gasteiger partial charge on any atom is 0.251 e. The lowest BCUT2D eigenvalue weighted by molar-refractivity contribution is 0.0954. The van der Waals surface area contributed by atoms with Gasteiger partial charge in [0, 0.05) is 30.5 Å². The highest BCUT2D eigenvalue weighted by atomic mass is 16.1. The van der Waals surface area contributed by atoms with Gasteiger partial charge in [0.05, 0.1) is 11.0 Å². The number of anilines is 1. The zero-order valence-electron chi connectivity index (χ0n) is 20.1. The molecule has 0 unspecified atom stereocenters. The Hall–Kier alpha value is -3.93. The second kappa shape index (κ2) is 10.1. The number of imidazole rings is 1. The monoisotopic (exact) mass is 465 g/mol. The molecule has 0 aliphatic carbocycles. The summed E-state index contributed by atoms with van der Waals surface area (Å²) in [7, 11) is 0. The van der Waals surface area contributed by atoms with Crippen LogP contribution in [0.1, 0.15) is 48.8 Å². The molecule has 35 heavy (non-hydrogen) atoms. The number of nitrogen functional groups attached to an aromatic ring is 1. The highest BCUT2D eigenvalue weighted by molar-refractivity contribution is 6.07. The van der Waals surface area contributed by atoms with E-state index in [4.69, 9.17) is 10.7 Å². The zero-order valence-corrected chi connectivity index (χ0v) is 20.1. The second-order valence-corrected chi connectivity index (χ2v) is 8.98. The van der Waals surface area contributed by atoms with Crippen molar-refractivity contribution < 1.29 is 4.79 Å². The van der Waals surface area contributed by atoms with Crippen molar-refractivity contribution in [3.63, 3.8) is 0 Å². The quantitative estimate of drug-likeness (QED) is 0.267. The number of aryl methyl sites for hydroxylation is 2. The number of para-hydroxylation sites is 1. The number of hydrogen-bond donors (Lipinski definition) is 2. The molecular formula is C29H31N5O. The number of nitrogens with two attached hydrogens (primary N) is 1. The first-order chi connectivity index (χ1) is 17.2. The molecule has 1 amide bonds. The number of hydrogen-bond acceptors (Lipinski definition) is 4. The van der Waals surface area contributed by atoms with Crippen molar-refractivity contribution in [2.24, 2.45) is 0 Å². The number of nitrogens with zero attached hydrogens (tertiary/aromatic N) is 3. The van der Waals surface area contributed by atoms with Crippen molar-refractivity contribution in [1.82, 2.24) is 19.9 Å². The Kier molecular flexibility index (Phi) is 6.62. The Bertz CT molecular complexity index is 1500. The van der Waals surface area contributed by atoms with Crippen LogP contribution in [0.25, 0.3) is 32.7 Å². The summed E-state index contributed by atoms with van der Waals surface area (Å²) in [6.07, 6.45) is 4.91. The van der Waals surface area contributed by atoms with Crippen LogP contribution in [0, 0.1) is 0 Å². The van der Waals surface area contributed by atoms with Gasteiger partial charge in [-0.3, -0.25) is 4.79 Å². The lowest BCUT2D eigenvalue weighted by Crippen LogP contribution is -2.24. The minimum Gasteiger partial charge on any atom is -0.382 e. The van der Waals surface area contributed by atoms with Crippen LogP contribution in [0.5, 0.6) is 0 Å². The number of carbonyl (C=O) groups is 1. The van der Waals surface area contributed by atoms with Gasteiger partial charge in [-0.2, -0.15) is 0 Å². The van der Waals surface area contributed by atoms with Crippen molar-refractivity contribution in [3.05, 3.63) is 78.1 Å². The van der Waals surface area contributed by atoms with E-state index < -0.39 is 0 Å². The van der Waals surface area contributed by atoms with Crippen LogP contribution < -0.4 is 11.1 Å². The van der Waals surface area contributed by atoms with E-state index in [1.54, 1.807) is 0 Å². The van der Waals surface area contributed by atoms with Gasteiger partial charge in [-0.25, -0.2) is 9.97 Å². The molecule has 0 saturated heterocycles. The van der Waals surface area contributed by atoms with E-state index in [2.05, 4.69) is 27.9 Å². The summed E-state index contributed by atoms with van der Waals surface area (Å²) in [5.74, 6) is 1.52. The molecule has 0 atom stereocenters. The largest absolute Gasteiger partial charge is 0.382 e. The highest BCUT2D eigenvalue weighted by Crippen LogP contribution is 2.29. The van der Waals surface area contributed by atoms with Gasteiger partial charge in [-0.15, -0.1) is 0 Å². The topological polar surface area (TPSA) is 85.8 Å². The summed E-state index contributed by atoms with van der Waals surface area (Å²) in [4.78, 5) is 22.3. The molecule has 2 heterocycles. The molecule has 5 aromatic rings. The molecule has 0 saturated carbocycles. The van der Waals surface area contributed by atoms with Crippen LogP contribution in [-0.2, 0) is 13.0 Å². The number of benzene rings is 3. The Labute approximate surface area is 205 Å². The zero-order chi connectivity index (χ0) is 24.2. The van der Waals surface area contributed by atoms with Crippen molar-refractivity contribution >= 4 is 44.4 Å². The van der Waals surface area contributed by atoms with E-state index in [0.29, 0.717) is 12.4 Å². The summed E-state index contributed by atoms with van der Waals surface area (Å²) in [6.45, 7) is 3.65. The average Bonchev–Trinajstić information content (AvgIpc) is 3.26. The van der Waals surface area contributed by atoms with Gasteiger partial charge in [0.1, 0.15) is 11.3 Å². The van der Waals surface area contributed by atoms with E-state index in [9.17, 15) is 4.79 Å². The van der Waals surface area contributed by atoms with Crippen LogP contribution in [-0.4, -0.2) is 27.0 Å². The Morgan fingerprint density at radius 2 is 1.69 bits per heavy atom. The maximum absolute atomic E-state index is 12.8. The van der Waals surface area contributed by atoms with Gasteiger partial charge in [-0.1, -0.05) is 67.9 Å². The van der Waals surface area contributed by atoms with Crippen LogP contribution in [0.15, 0.2) is 66.7 Å². The van der Waals surface area contributed by atoms with Crippen molar-refractivity contribution in [2.75, 3.05) is 12.3 Å². The van der Waals surface area contributed by atoms with E-state index in [1.807, 2.05) is 60.7 Å². The number of pyridine rings is 1. The third-order valence-electron chi connectivity index (χ3n) is 6.57. The van der Waals surface area contributed by atoms with Crippen molar-refractivity contribution in [3.8, 4) is 0 Å². The summed E-state index contributed by atoms with van der Waals surface area (Å²) in [5.41, 5.74) is 9.78. The lowest BCUT2D eigenvalue weighted by atomic mass is 10.0. The second-order valence-electron chi connectivity index (χ2n) is 8.98. The normalized spacial score (nSPS) is 11.5. The van der Waals surface area contributed by atoms with Gasteiger partial charge in [0.15, 0.2) is 5.82 Å². The molecule has 3 N–H and O–H groups in total. The summed E-state index contributed by atoms with van der Waals surface area (Å²) in [6, 6.07) is 22.0. The molecule has 178 valence electrons. The van der Waals surface area contributed by atoms with E-state index in [-0.39, 0.29) is 5.91 Å². The predicted molar refractivity (Wildman–Crippen MR) is 144 cm³/mol. The first kappa shape index (κ1) is 22.8. The van der Waals surface area contributed by atoms with Gasteiger partial charge in [0.25, 0.3) is 5.91 Å². The number of aromatic nitrogens is 3. The molecule has 0 spiro atoms. The number of nitrogens with one attached hydrogen (secondary N) is 1. The molecule has 5 rings (SSSR count). The van der Waals surface area contributed by atoms with Gasteiger partial charge >= 0.3 is 0 Å². The molecular weight excluding hydrogens is 434 g/mol. The molecule has 0 radical (unpaired) electrons. The first-order valence-electron chi connectivity index (χ1n) is 12.5. The Morgan fingerprint density at radius 3 is 2.54 bits per heavy atom. The van der Waals surface area contributed by atoms with Crippen LogP contribution in [0.3, 0.4) is 0 Å². The number of rotatable bonds is 9. The third kappa shape index (κ3) is 4.56. The maximum atomic E-state index is 12.8. The van der Waals surface area contributed by atoms with E-state index in [1.165, 1.54) is 0 Å². The summed E-state index contributed by atoms with van der Waals surface area (Å²) >= 11 is 0. The Morgan fingerprint density at radius 1 is 0.914 bits per heavy atom. The van der Waals surface area contributed by atoms with E-state index >= 15 is 0 Å². The SMILES string of the molecule is CCCCc1nc2c(N)nc3ccccc3c2n1CCCCNC(=O)c1cccc2ccccc12. The Balaban J connectivity index is 1.31. The van der Waals surface area contributed by atoms with Gasteiger partial charge in [0.2, 0.25) is 0 Å². The van der Waals surface area contributed by atoms with Crippen LogP contribution in [0.2, 0.25) is 0 Å². The van der Waals surface area contributed by atoms with Crippen molar-refractivity contribution in [1.29, 1.82) is 0 Å². The summed E-state index contributed by atoms with van der Waals surface area (Å²) in [5, 5.41) is 6.24. The number of carbonyl (C=O) groups excluding carboxylic acids is 1. The summed E-state index contributed by atoms with van der Waals surface area (Å²) < 4.78 is 2.32. The predicted octanol–water partition coefficient (Wildman–Crippen LogP) is 5.87. The molecule has 0 bridgehead atoms. The highest BCUT2D eigenvalue weighted by Gasteiger charge is 2.17. The molecule has 6 heteroatoms. The lowest BCUT2D eigenvalue weighted by Gasteiger charge is -2.12. The molecule has 6 nitrogen and oxygen atoms in total. The van der Waals surface area contributed by atoms with Gasteiger partial charge in [-0.05, 0) is 42.2 Å². The number of amides is 1. The number of unbranched alkanes of at least 4 members (excludes halogenated alkanes) is 2. The standard InChI is InChI=1S/C29H31N5O/c1-2-3-17-25-33-26-27(23-14-6-7-16-24(23)32-28(26)30)34(25)19-9-8-18-31-29(35)22-15-10-12-20-11-4-5-13-21(20)22/h4-7,10-16H,2-3,8-9,17-19H2,1H3,(H2,30,32)(H,31,35). The molecule has 3 aromatic carbocycles. The molecule has 2 aromatic heterocycles. The van der Waals surface area contributed by atoms with Crippen LogP contribution >= 0.6 is 0 Å². The first-order valence-corrected chi connectivity index (χ1v) is 12.5. The third-order valence-corrected chi connectivity index (χ3v) is 6.57.